The molecule has 0 saturated heterocycles. The van der Waals surface area contributed by atoms with Crippen LogP contribution in [0.25, 0.3) is 0 Å². The fourth-order valence-corrected chi connectivity index (χ4v) is 2.28. The van der Waals surface area contributed by atoms with Gasteiger partial charge in [0.2, 0.25) is 5.84 Å². The number of nitrogens with zero attached hydrogens (tertiary/aromatic N) is 3. The molecule has 1 aromatic heterocycles. The minimum absolute atomic E-state index is 0.0340. The molecule has 0 unspecified atom stereocenters. The molecule has 7 heteroatoms. The zero-order valence-electron chi connectivity index (χ0n) is 9.22. The van der Waals surface area contributed by atoms with E-state index in [2.05, 4.69) is 26.1 Å². The number of nitrogens with two attached hydrogens (primary N) is 1. The Labute approximate surface area is 117 Å². The first-order valence-electron chi connectivity index (χ1n) is 5.05. The minimum atomic E-state index is -0.0340. The van der Waals surface area contributed by atoms with Gasteiger partial charge in [-0.3, -0.25) is 0 Å². The van der Waals surface area contributed by atoms with Gasteiger partial charge < -0.3 is 15.5 Å². The van der Waals surface area contributed by atoms with Crippen molar-refractivity contribution in [3.63, 3.8) is 0 Å². The highest BCUT2D eigenvalue weighted by atomic mass is 79.9. The van der Waals surface area contributed by atoms with Gasteiger partial charge in [0.05, 0.1) is 6.54 Å². The highest BCUT2D eigenvalue weighted by molar-refractivity contribution is 9.10. The number of oxime groups is 1. The van der Waals surface area contributed by atoms with Crippen LogP contribution in [0, 0.1) is 0 Å². The molecule has 0 saturated carbocycles. The zero-order valence-corrected chi connectivity index (χ0v) is 11.6. The van der Waals surface area contributed by atoms with E-state index < -0.39 is 0 Å². The summed E-state index contributed by atoms with van der Waals surface area (Å²) >= 11 is 9.48. The number of benzene rings is 1. The molecule has 0 bridgehead atoms. The van der Waals surface area contributed by atoms with Gasteiger partial charge >= 0.3 is 0 Å². The maximum Gasteiger partial charge on any atom is 0.206 e. The average Bonchev–Trinajstić information content (AvgIpc) is 2.80. The van der Waals surface area contributed by atoms with Gasteiger partial charge in [0.25, 0.3) is 0 Å². The molecular formula is C11H10BrClN4O. The molecule has 3 N–H and O–H groups in total. The molecular weight excluding hydrogens is 320 g/mol. The van der Waals surface area contributed by atoms with Gasteiger partial charge in [0.1, 0.15) is 0 Å². The largest absolute Gasteiger partial charge is 0.409 e. The third-order valence-electron chi connectivity index (χ3n) is 2.41. The molecule has 0 spiro atoms. The summed E-state index contributed by atoms with van der Waals surface area (Å²) in [5.74, 6) is 0.365. The van der Waals surface area contributed by atoms with Crippen molar-refractivity contribution in [2.24, 2.45) is 10.9 Å². The molecule has 18 heavy (non-hydrogen) atoms. The summed E-state index contributed by atoms with van der Waals surface area (Å²) in [6.45, 7) is 0.498. The van der Waals surface area contributed by atoms with Crippen LogP contribution >= 0.6 is 27.5 Å². The van der Waals surface area contributed by atoms with Gasteiger partial charge in [-0.15, -0.1) is 0 Å². The SMILES string of the molecule is N/C(=N/O)c1nccn1Cc1ccc(Br)cc1Cl. The van der Waals surface area contributed by atoms with Crippen LogP contribution in [0.3, 0.4) is 0 Å². The first-order chi connectivity index (χ1) is 8.61. The van der Waals surface area contributed by atoms with Crippen LogP contribution in [-0.2, 0) is 6.54 Å². The number of amidine groups is 1. The lowest BCUT2D eigenvalue weighted by Gasteiger charge is -2.08. The van der Waals surface area contributed by atoms with Gasteiger partial charge in [0, 0.05) is 21.9 Å². The van der Waals surface area contributed by atoms with Crippen molar-refractivity contribution in [1.29, 1.82) is 0 Å². The highest BCUT2D eigenvalue weighted by Gasteiger charge is 2.09. The minimum Gasteiger partial charge on any atom is -0.409 e. The second kappa shape index (κ2) is 5.41. The molecule has 1 aromatic carbocycles. The number of hydrogen-bond donors (Lipinski definition) is 2. The van der Waals surface area contributed by atoms with E-state index in [0.717, 1.165) is 10.0 Å². The lowest BCUT2D eigenvalue weighted by molar-refractivity contribution is 0.318. The third kappa shape index (κ3) is 2.65. The van der Waals surface area contributed by atoms with Crippen LogP contribution < -0.4 is 5.73 Å². The predicted molar refractivity (Wildman–Crippen MR) is 73.0 cm³/mol. The number of halogens is 2. The molecule has 0 atom stereocenters. The maximum absolute atomic E-state index is 8.67. The summed E-state index contributed by atoms with van der Waals surface area (Å²) < 4.78 is 2.67. The first-order valence-corrected chi connectivity index (χ1v) is 6.22. The number of aromatic nitrogens is 2. The number of hydrogen-bond acceptors (Lipinski definition) is 3. The summed E-state index contributed by atoms with van der Waals surface area (Å²) in [5.41, 5.74) is 6.45. The summed E-state index contributed by atoms with van der Waals surface area (Å²) in [4.78, 5) is 4.03. The van der Waals surface area contributed by atoms with E-state index in [9.17, 15) is 0 Å². The quantitative estimate of drug-likeness (QED) is 0.393. The van der Waals surface area contributed by atoms with Crippen molar-refractivity contribution in [1.82, 2.24) is 9.55 Å². The Morgan fingerprint density at radius 3 is 3.00 bits per heavy atom. The van der Waals surface area contributed by atoms with Crippen molar-refractivity contribution in [2.75, 3.05) is 0 Å². The Kier molecular flexibility index (Phi) is 3.88. The molecule has 94 valence electrons. The fraction of sp³-hybridized carbons (Fsp3) is 0.0909. The van der Waals surface area contributed by atoms with E-state index in [1.165, 1.54) is 0 Å². The summed E-state index contributed by atoms with van der Waals surface area (Å²) in [5, 5.41) is 12.2. The Hall–Kier alpha value is -1.53. The maximum atomic E-state index is 8.67. The fourth-order valence-electron chi connectivity index (χ4n) is 1.55. The molecule has 0 fully saturated rings. The van der Waals surface area contributed by atoms with Crippen LogP contribution in [-0.4, -0.2) is 20.6 Å². The monoisotopic (exact) mass is 328 g/mol. The molecule has 0 radical (unpaired) electrons. The summed E-state index contributed by atoms with van der Waals surface area (Å²) in [6.07, 6.45) is 3.33. The summed E-state index contributed by atoms with van der Waals surface area (Å²) in [7, 11) is 0. The van der Waals surface area contributed by atoms with Crippen molar-refractivity contribution in [3.05, 3.63) is 51.5 Å². The van der Waals surface area contributed by atoms with Crippen molar-refractivity contribution >= 4 is 33.4 Å². The Morgan fingerprint density at radius 1 is 1.56 bits per heavy atom. The van der Waals surface area contributed by atoms with Crippen LogP contribution in [0.5, 0.6) is 0 Å². The van der Waals surface area contributed by atoms with Crippen LogP contribution in [0.4, 0.5) is 0 Å². The second-order valence-electron chi connectivity index (χ2n) is 3.60. The molecule has 0 aliphatic rings. The van der Waals surface area contributed by atoms with Crippen molar-refractivity contribution < 1.29 is 5.21 Å². The van der Waals surface area contributed by atoms with E-state index in [1.807, 2.05) is 18.2 Å². The molecule has 2 rings (SSSR count). The third-order valence-corrected chi connectivity index (χ3v) is 3.25. The lowest BCUT2D eigenvalue weighted by atomic mass is 10.2. The van der Waals surface area contributed by atoms with E-state index in [1.54, 1.807) is 17.0 Å². The zero-order chi connectivity index (χ0) is 13.1. The Balaban J connectivity index is 2.32. The van der Waals surface area contributed by atoms with Crippen LogP contribution in [0.1, 0.15) is 11.4 Å². The standard InChI is InChI=1S/C11H10BrClN4O/c12-8-2-1-7(9(13)5-8)6-17-4-3-15-11(17)10(14)16-18/h1-5,18H,6H2,(H2,14,16). The van der Waals surface area contributed by atoms with E-state index in [-0.39, 0.29) is 5.84 Å². The number of rotatable bonds is 3. The smallest absolute Gasteiger partial charge is 0.206 e. The molecule has 0 amide bonds. The normalized spacial score (nSPS) is 11.8. The van der Waals surface area contributed by atoms with E-state index >= 15 is 0 Å². The van der Waals surface area contributed by atoms with Gasteiger partial charge in [-0.25, -0.2) is 4.98 Å². The average molecular weight is 330 g/mol. The van der Waals surface area contributed by atoms with Crippen molar-refractivity contribution in [3.8, 4) is 0 Å². The van der Waals surface area contributed by atoms with Gasteiger partial charge in [-0.1, -0.05) is 38.8 Å². The molecule has 5 nitrogen and oxygen atoms in total. The molecule has 1 heterocycles. The van der Waals surface area contributed by atoms with Crippen LogP contribution in [0.15, 0.2) is 40.2 Å². The number of imidazole rings is 1. The lowest BCUT2D eigenvalue weighted by Crippen LogP contribution is -2.19. The highest BCUT2D eigenvalue weighted by Crippen LogP contribution is 2.22. The Morgan fingerprint density at radius 2 is 2.33 bits per heavy atom. The van der Waals surface area contributed by atoms with Crippen LogP contribution in [0.2, 0.25) is 5.02 Å². The molecule has 0 aliphatic carbocycles. The van der Waals surface area contributed by atoms with Gasteiger partial charge in [-0.2, -0.15) is 0 Å². The molecule has 2 aromatic rings. The topological polar surface area (TPSA) is 76.4 Å². The Bertz CT molecular complexity index is 596. The van der Waals surface area contributed by atoms with Gasteiger partial charge in [0.15, 0.2) is 5.82 Å². The van der Waals surface area contributed by atoms with E-state index in [4.69, 9.17) is 22.5 Å². The first kappa shape index (κ1) is 12.9. The second-order valence-corrected chi connectivity index (χ2v) is 4.92. The van der Waals surface area contributed by atoms with Gasteiger partial charge in [-0.05, 0) is 17.7 Å². The van der Waals surface area contributed by atoms with E-state index in [0.29, 0.717) is 17.4 Å². The summed E-state index contributed by atoms with van der Waals surface area (Å²) in [6, 6.07) is 5.63. The van der Waals surface area contributed by atoms with Crippen molar-refractivity contribution in [2.45, 2.75) is 6.54 Å². The predicted octanol–water partition coefficient (Wildman–Crippen LogP) is 2.44. The molecule has 0 aliphatic heterocycles.